The van der Waals surface area contributed by atoms with Gasteiger partial charge in [0, 0.05) is 4.83 Å². The molecule has 0 aliphatic heterocycles. The van der Waals surface area contributed by atoms with Crippen molar-refractivity contribution < 1.29 is 0 Å². The van der Waals surface area contributed by atoms with Crippen LogP contribution in [0.3, 0.4) is 0 Å². The summed E-state index contributed by atoms with van der Waals surface area (Å²) in [5, 5.41) is 0. The molecule has 2 aliphatic carbocycles. The minimum Gasteiger partial charge on any atom is -0.0891 e. The van der Waals surface area contributed by atoms with Crippen LogP contribution in [0.5, 0.6) is 0 Å². The Morgan fingerprint density at radius 1 is 1.06 bits per heavy atom. The van der Waals surface area contributed by atoms with Crippen LogP contribution in [0.2, 0.25) is 0 Å². The van der Waals surface area contributed by atoms with E-state index in [1.807, 2.05) is 0 Å². The summed E-state index contributed by atoms with van der Waals surface area (Å²) >= 11 is 3.79. The molecule has 1 aromatic carbocycles. The molecule has 0 nitrogen and oxygen atoms in total. The van der Waals surface area contributed by atoms with E-state index in [0.29, 0.717) is 0 Å². The molecule has 92 valence electrons. The zero-order valence-electron chi connectivity index (χ0n) is 10.4. The van der Waals surface area contributed by atoms with Gasteiger partial charge in [0.15, 0.2) is 0 Å². The fraction of sp³-hybridized carbons (Fsp3) is 0.625. The van der Waals surface area contributed by atoms with Crippen LogP contribution in [-0.2, 0) is 19.3 Å². The van der Waals surface area contributed by atoms with E-state index in [9.17, 15) is 0 Å². The summed E-state index contributed by atoms with van der Waals surface area (Å²) in [6.45, 7) is 0. The van der Waals surface area contributed by atoms with Crippen molar-refractivity contribution >= 4 is 15.9 Å². The first-order valence-electron chi connectivity index (χ1n) is 7.06. The summed E-state index contributed by atoms with van der Waals surface area (Å²) in [7, 11) is 0. The summed E-state index contributed by atoms with van der Waals surface area (Å²) in [6, 6.07) is 7.24. The lowest BCUT2D eigenvalue weighted by Crippen LogP contribution is -2.17. The number of halogens is 1. The maximum Gasteiger partial charge on any atom is 0.0148 e. The lowest BCUT2D eigenvalue weighted by atomic mass is 9.84. The van der Waals surface area contributed by atoms with E-state index in [1.165, 1.54) is 51.4 Å². The van der Waals surface area contributed by atoms with Crippen LogP contribution in [-0.4, -0.2) is 4.83 Å². The highest BCUT2D eigenvalue weighted by atomic mass is 79.9. The van der Waals surface area contributed by atoms with E-state index in [4.69, 9.17) is 0 Å². The molecule has 0 N–H and O–H groups in total. The third kappa shape index (κ3) is 2.76. The van der Waals surface area contributed by atoms with Gasteiger partial charge in [0.2, 0.25) is 0 Å². The zero-order valence-corrected chi connectivity index (χ0v) is 12.0. The predicted octanol–water partition coefficient (Wildman–Crippen LogP) is 4.67. The number of aryl methyl sites for hydroxylation is 2. The Hall–Kier alpha value is -0.300. The highest BCUT2D eigenvalue weighted by molar-refractivity contribution is 9.09. The Balaban J connectivity index is 1.68. The molecule has 0 bridgehead atoms. The van der Waals surface area contributed by atoms with Crippen molar-refractivity contribution in [2.24, 2.45) is 5.92 Å². The Kier molecular flexibility index (Phi) is 3.56. The predicted molar refractivity (Wildman–Crippen MR) is 76.8 cm³/mol. The van der Waals surface area contributed by atoms with Gasteiger partial charge < -0.3 is 0 Å². The third-order valence-electron chi connectivity index (χ3n) is 4.41. The molecular formula is C16H21Br. The van der Waals surface area contributed by atoms with Gasteiger partial charge in [-0.3, -0.25) is 0 Å². The van der Waals surface area contributed by atoms with Crippen molar-refractivity contribution in [2.75, 3.05) is 0 Å². The second kappa shape index (κ2) is 5.14. The van der Waals surface area contributed by atoms with Crippen LogP contribution in [0, 0.1) is 5.92 Å². The second-order valence-electron chi connectivity index (χ2n) is 5.79. The molecule has 2 unspecified atom stereocenters. The van der Waals surface area contributed by atoms with E-state index in [2.05, 4.69) is 34.1 Å². The molecule has 1 aromatic rings. The molecule has 1 heteroatoms. The van der Waals surface area contributed by atoms with Gasteiger partial charge in [-0.15, -0.1) is 0 Å². The summed E-state index contributed by atoms with van der Waals surface area (Å²) < 4.78 is 0. The average Bonchev–Trinajstić information content (AvgIpc) is 2.76. The first-order chi connectivity index (χ1) is 8.31. The summed E-state index contributed by atoms with van der Waals surface area (Å²) in [5.74, 6) is 0.910. The van der Waals surface area contributed by atoms with Gasteiger partial charge in [-0.1, -0.05) is 47.0 Å². The normalized spacial score (nSPS) is 28.1. The first-order valence-corrected chi connectivity index (χ1v) is 7.97. The lowest BCUT2D eigenvalue weighted by molar-refractivity contribution is 0.368. The molecule has 1 fully saturated rings. The minimum absolute atomic E-state index is 0.774. The number of alkyl halides is 1. The van der Waals surface area contributed by atoms with Crippen LogP contribution in [0.25, 0.3) is 0 Å². The summed E-state index contributed by atoms with van der Waals surface area (Å²) in [4.78, 5) is 0.774. The maximum absolute atomic E-state index is 3.79. The van der Waals surface area contributed by atoms with Crippen LogP contribution in [0.15, 0.2) is 18.2 Å². The van der Waals surface area contributed by atoms with Crippen LogP contribution in [0.4, 0.5) is 0 Å². The van der Waals surface area contributed by atoms with Gasteiger partial charge in [-0.2, -0.15) is 0 Å². The zero-order chi connectivity index (χ0) is 11.7. The van der Waals surface area contributed by atoms with Crippen molar-refractivity contribution in [3.63, 3.8) is 0 Å². The topological polar surface area (TPSA) is 0 Å². The molecule has 1 saturated carbocycles. The number of rotatable bonds is 2. The molecule has 0 saturated heterocycles. The molecule has 0 aromatic heterocycles. The molecule has 2 atom stereocenters. The maximum atomic E-state index is 3.79. The third-order valence-corrected chi connectivity index (χ3v) is 5.24. The molecule has 3 rings (SSSR count). The number of hydrogen-bond donors (Lipinski definition) is 0. The molecule has 0 spiro atoms. The van der Waals surface area contributed by atoms with Gasteiger partial charge in [-0.25, -0.2) is 0 Å². The fourth-order valence-electron chi connectivity index (χ4n) is 3.50. The Morgan fingerprint density at radius 2 is 1.94 bits per heavy atom. The van der Waals surface area contributed by atoms with Gasteiger partial charge in [0.05, 0.1) is 0 Å². The standard InChI is InChI=1S/C16H21Br/c17-16-6-1-3-12(11-16)9-13-7-8-14-4-2-5-15(14)10-13/h7-8,10,12,16H,1-6,9,11H2. The minimum atomic E-state index is 0.774. The van der Waals surface area contributed by atoms with Gasteiger partial charge in [0.1, 0.15) is 0 Å². The van der Waals surface area contributed by atoms with Gasteiger partial charge in [-0.05, 0) is 61.1 Å². The Labute approximate surface area is 113 Å². The molecule has 0 heterocycles. The van der Waals surface area contributed by atoms with Gasteiger partial charge >= 0.3 is 0 Å². The fourth-order valence-corrected chi connectivity index (χ4v) is 4.35. The van der Waals surface area contributed by atoms with Crippen molar-refractivity contribution in [1.29, 1.82) is 0 Å². The summed E-state index contributed by atoms with van der Waals surface area (Å²) in [6.07, 6.45) is 10.9. The van der Waals surface area contributed by atoms with Crippen LogP contribution < -0.4 is 0 Å². The quantitative estimate of drug-likeness (QED) is 0.695. The molecule has 2 aliphatic rings. The van der Waals surface area contributed by atoms with E-state index >= 15 is 0 Å². The number of hydrogen-bond acceptors (Lipinski definition) is 0. The molecule has 0 radical (unpaired) electrons. The second-order valence-corrected chi connectivity index (χ2v) is 7.09. The highest BCUT2D eigenvalue weighted by Crippen LogP contribution is 2.32. The monoisotopic (exact) mass is 292 g/mol. The van der Waals surface area contributed by atoms with Crippen molar-refractivity contribution in [3.8, 4) is 0 Å². The molecule has 0 amide bonds. The number of fused-ring (bicyclic) bond motifs is 1. The smallest absolute Gasteiger partial charge is 0.0148 e. The lowest BCUT2D eigenvalue weighted by Gasteiger charge is -2.25. The van der Waals surface area contributed by atoms with Gasteiger partial charge in [0.25, 0.3) is 0 Å². The van der Waals surface area contributed by atoms with E-state index < -0.39 is 0 Å². The first kappa shape index (κ1) is 11.8. The Bertz CT molecular complexity index is 397. The number of benzene rings is 1. The highest BCUT2D eigenvalue weighted by Gasteiger charge is 2.20. The van der Waals surface area contributed by atoms with Crippen molar-refractivity contribution in [1.82, 2.24) is 0 Å². The van der Waals surface area contributed by atoms with Crippen molar-refractivity contribution in [2.45, 2.75) is 56.2 Å². The summed E-state index contributed by atoms with van der Waals surface area (Å²) in [5.41, 5.74) is 4.82. The molecular weight excluding hydrogens is 272 g/mol. The van der Waals surface area contributed by atoms with E-state index in [-0.39, 0.29) is 0 Å². The van der Waals surface area contributed by atoms with E-state index in [1.54, 1.807) is 16.7 Å². The largest absolute Gasteiger partial charge is 0.0891 e. The van der Waals surface area contributed by atoms with Crippen molar-refractivity contribution in [3.05, 3.63) is 34.9 Å². The van der Waals surface area contributed by atoms with Crippen LogP contribution in [0.1, 0.15) is 48.8 Å². The average molecular weight is 293 g/mol. The SMILES string of the molecule is BrC1CCCC(Cc2ccc3c(c2)CCC3)C1. The molecule has 17 heavy (non-hydrogen) atoms. The Morgan fingerprint density at radius 3 is 2.82 bits per heavy atom. The van der Waals surface area contributed by atoms with Crippen LogP contribution >= 0.6 is 15.9 Å². The van der Waals surface area contributed by atoms with E-state index in [0.717, 1.165) is 10.7 Å².